The highest BCUT2D eigenvalue weighted by Crippen LogP contribution is 2.26. The third-order valence-corrected chi connectivity index (χ3v) is 3.13. The van der Waals surface area contributed by atoms with Crippen molar-refractivity contribution < 1.29 is 13.2 Å². The van der Waals surface area contributed by atoms with Gasteiger partial charge >= 0.3 is 6.18 Å². The van der Waals surface area contributed by atoms with Gasteiger partial charge in [-0.05, 0) is 17.7 Å². The van der Waals surface area contributed by atoms with Gasteiger partial charge in [0.1, 0.15) is 0 Å². The summed E-state index contributed by atoms with van der Waals surface area (Å²) in [5, 5.41) is 3.78. The summed E-state index contributed by atoms with van der Waals surface area (Å²) >= 11 is 5.94. The molecule has 0 radical (unpaired) electrons. The average Bonchev–Trinajstić information content (AvgIpc) is 2.33. The smallest absolute Gasteiger partial charge is 0.374 e. The minimum absolute atomic E-state index is 0.0848. The Morgan fingerprint density at radius 2 is 1.95 bits per heavy atom. The number of nitrogens with zero attached hydrogens (tertiary/aromatic N) is 1. The van der Waals surface area contributed by atoms with Crippen molar-refractivity contribution in [2.24, 2.45) is 0 Å². The highest BCUT2D eigenvalue weighted by Gasteiger charge is 2.27. The van der Waals surface area contributed by atoms with E-state index in [0.717, 1.165) is 11.3 Å². The fourth-order valence-corrected chi connectivity index (χ4v) is 1.94. The lowest BCUT2D eigenvalue weighted by Gasteiger charge is -2.24. The highest BCUT2D eigenvalue weighted by atomic mass is 35.5. The second-order valence-electron chi connectivity index (χ2n) is 5.10. The van der Waals surface area contributed by atoms with E-state index in [-0.39, 0.29) is 6.54 Å². The van der Waals surface area contributed by atoms with Crippen LogP contribution in [0.2, 0.25) is 5.02 Å². The first-order valence-electron chi connectivity index (χ1n) is 6.49. The van der Waals surface area contributed by atoms with Gasteiger partial charge in [-0.3, -0.25) is 0 Å². The SMILES string of the molecule is CC(C)NCc1ccc(Cl)cc1N(C)CCC(F)(F)F. The molecule has 0 fully saturated rings. The van der Waals surface area contributed by atoms with E-state index in [1.807, 2.05) is 19.9 Å². The molecule has 0 aliphatic rings. The zero-order valence-electron chi connectivity index (χ0n) is 11.9. The quantitative estimate of drug-likeness (QED) is 0.846. The number of alkyl halides is 3. The third kappa shape index (κ3) is 6.01. The minimum atomic E-state index is -4.15. The van der Waals surface area contributed by atoms with E-state index in [4.69, 9.17) is 11.6 Å². The summed E-state index contributed by atoms with van der Waals surface area (Å²) in [6, 6.07) is 5.60. The molecule has 0 spiro atoms. The van der Waals surface area contributed by atoms with Crippen LogP contribution in [-0.2, 0) is 6.54 Å². The van der Waals surface area contributed by atoms with Crippen LogP contribution >= 0.6 is 11.6 Å². The van der Waals surface area contributed by atoms with E-state index in [1.54, 1.807) is 24.1 Å². The first-order chi connectivity index (χ1) is 9.19. The second kappa shape index (κ2) is 7.18. The van der Waals surface area contributed by atoms with Crippen LogP contribution in [0.3, 0.4) is 0 Å². The molecule has 20 heavy (non-hydrogen) atoms. The average molecular weight is 309 g/mol. The zero-order chi connectivity index (χ0) is 15.3. The maximum absolute atomic E-state index is 12.3. The van der Waals surface area contributed by atoms with E-state index in [9.17, 15) is 13.2 Å². The summed E-state index contributed by atoms with van der Waals surface area (Å²) in [6.45, 7) is 4.55. The van der Waals surface area contributed by atoms with Crippen LogP contribution in [0.4, 0.5) is 18.9 Å². The fraction of sp³-hybridized carbons (Fsp3) is 0.571. The van der Waals surface area contributed by atoms with Gasteiger partial charge in [-0.15, -0.1) is 0 Å². The Morgan fingerprint density at radius 1 is 1.30 bits per heavy atom. The topological polar surface area (TPSA) is 15.3 Å². The number of halogens is 4. The van der Waals surface area contributed by atoms with Gasteiger partial charge in [0.05, 0.1) is 6.42 Å². The number of hydrogen-bond donors (Lipinski definition) is 1. The molecule has 0 atom stereocenters. The van der Waals surface area contributed by atoms with Gasteiger partial charge in [-0.1, -0.05) is 31.5 Å². The maximum atomic E-state index is 12.3. The Morgan fingerprint density at radius 3 is 2.50 bits per heavy atom. The molecule has 114 valence electrons. The van der Waals surface area contributed by atoms with Crippen molar-refractivity contribution >= 4 is 17.3 Å². The number of nitrogens with one attached hydrogen (secondary N) is 1. The number of benzene rings is 1. The molecule has 1 rings (SSSR count). The molecule has 1 aromatic carbocycles. The van der Waals surface area contributed by atoms with Crippen LogP contribution in [0.5, 0.6) is 0 Å². The minimum Gasteiger partial charge on any atom is -0.374 e. The summed E-state index contributed by atoms with van der Waals surface area (Å²) in [4.78, 5) is 1.59. The van der Waals surface area contributed by atoms with Crippen molar-refractivity contribution in [2.45, 2.75) is 39.0 Å². The molecule has 0 aromatic heterocycles. The Kier molecular flexibility index (Phi) is 6.14. The van der Waals surface area contributed by atoms with Gasteiger partial charge in [0.2, 0.25) is 0 Å². The first kappa shape index (κ1) is 17.1. The third-order valence-electron chi connectivity index (χ3n) is 2.89. The lowest BCUT2D eigenvalue weighted by molar-refractivity contribution is -0.132. The van der Waals surface area contributed by atoms with Gasteiger partial charge in [0.15, 0.2) is 0 Å². The van der Waals surface area contributed by atoms with E-state index < -0.39 is 12.6 Å². The standard InChI is InChI=1S/C14H20ClF3N2/c1-10(2)19-9-11-4-5-12(15)8-13(11)20(3)7-6-14(16,17)18/h4-5,8,10,19H,6-7,9H2,1-3H3. The first-order valence-corrected chi connectivity index (χ1v) is 6.86. The van der Waals surface area contributed by atoms with Gasteiger partial charge < -0.3 is 10.2 Å². The van der Waals surface area contributed by atoms with Crippen LogP contribution in [0.25, 0.3) is 0 Å². The van der Waals surface area contributed by atoms with Crippen LogP contribution in [0.1, 0.15) is 25.8 Å². The molecule has 1 aromatic rings. The molecule has 2 nitrogen and oxygen atoms in total. The highest BCUT2D eigenvalue weighted by molar-refractivity contribution is 6.30. The summed E-state index contributed by atoms with van der Waals surface area (Å²) in [7, 11) is 1.65. The molecular formula is C14H20ClF3N2. The van der Waals surface area contributed by atoms with Crippen molar-refractivity contribution in [3.05, 3.63) is 28.8 Å². The van der Waals surface area contributed by atoms with Gasteiger partial charge in [-0.25, -0.2) is 0 Å². The molecule has 1 N–H and O–H groups in total. The summed E-state index contributed by atoms with van der Waals surface area (Å²) < 4.78 is 36.9. The second-order valence-corrected chi connectivity index (χ2v) is 5.53. The van der Waals surface area contributed by atoms with Gasteiger partial charge in [0.25, 0.3) is 0 Å². The lowest BCUT2D eigenvalue weighted by atomic mass is 10.1. The Hall–Kier alpha value is -0.940. The maximum Gasteiger partial charge on any atom is 0.390 e. The predicted octanol–water partition coefficient (Wildman–Crippen LogP) is 4.23. The molecule has 6 heteroatoms. The van der Waals surface area contributed by atoms with Crippen LogP contribution in [-0.4, -0.2) is 25.8 Å². The number of rotatable bonds is 6. The van der Waals surface area contributed by atoms with Crippen molar-refractivity contribution in [3.63, 3.8) is 0 Å². The van der Waals surface area contributed by atoms with Crippen molar-refractivity contribution in [1.29, 1.82) is 0 Å². The Balaban J connectivity index is 2.82. The summed E-state index contributed by atoms with van der Waals surface area (Å²) in [6.07, 6.45) is -4.99. The van der Waals surface area contributed by atoms with Crippen molar-refractivity contribution in [3.8, 4) is 0 Å². The normalized spacial score (nSPS) is 12.0. The van der Waals surface area contributed by atoms with E-state index in [2.05, 4.69) is 5.32 Å². The molecule has 0 unspecified atom stereocenters. The molecule has 0 bridgehead atoms. The molecule has 0 aliphatic carbocycles. The molecule has 0 amide bonds. The monoisotopic (exact) mass is 308 g/mol. The van der Waals surface area contributed by atoms with Crippen LogP contribution in [0.15, 0.2) is 18.2 Å². The zero-order valence-corrected chi connectivity index (χ0v) is 12.6. The molecule has 0 heterocycles. The largest absolute Gasteiger partial charge is 0.390 e. The van der Waals surface area contributed by atoms with E-state index in [0.29, 0.717) is 17.6 Å². The van der Waals surface area contributed by atoms with Crippen LogP contribution < -0.4 is 10.2 Å². The molecule has 0 saturated heterocycles. The van der Waals surface area contributed by atoms with Gasteiger partial charge in [0, 0.05) is 36.9 Å². The molecule has 0 saturated carbocycles. The van der Waals surface area contributed by atoms with Gasteiger partial charge in [-0.2, -0.15) is 13.2 Å². The van der Waals surface area contributed by atoms with Crippen molar-refractivity contribution in [2.75, 3.05) is 18.5 Å². The summed E-state index contributed by atoms with van der Waals surface area (Å²) in [5.74, 6) is 0. The molecule has 0 aliphatic heterocycles. The predicted molar refractivity (Wildman–Crippen MR) is 77.4 cm³/mol. The summed E-state index contributed by atoms with van der Waals surface area (Å²) in [5.41, 5.74) is 1.67. The molecular weight excluding hydrogens is 289 g/mol. The number of anilines is 1. The van der Waals surface area contributed by atoms with E-state index in [1.165, 1.54) is 0 Å². The van der Waals surface area contributed by atoms with Crippen LogP contribution in [0, 0.1) is 0 Å². The Labute approximate surface area is 122 Å². The van der Waals surface area contributed by atoms with Crippen molar-refractivity contribution in [1.82, 2.24) is 5.32 Å². The fourth-order valence-electron chi connectivity index (χ4n) is 1.77. The van der Waals surface area contributed by atoms with E-state index >= 15 is 0 Å². The lowest BCUT2D eigenvalue weighted by Crippen LogP contribution is -2.27. The number of hydrogen-bond acceptors (Lipinski definition) is 2. The Bertz CT molecular complexity index is 433.